The zero-order valence-corrected chi connectivity index (χ0v) is 10.3. The molecule has 0 amide bonds. The molecular formula is C14H19NO. The fourth-order valence-corrected chi connectivity index (χ4v) is 2.28. The Kier molecular flexibility index (Phi) is 3.18. The third-order valence-corrected chi connectivity index (χ3v) is 3.06. The number of hydrogen-bond donors (Lipinski definition) is 1. The minimum absolute atomic E-state index is 0.934. The van der Waals surface area contributed by atoms with Crippen LogP contribution in [0.25, 0.3) is 10.9 Å². The number of fused-ring (bicyclic) bond motifs is 1. The van der Waals surface area contributed by atoms with Crippen molar-refractivity contribution in [1.82, 2.24) is 4.98 Å². The lowest BCUT2D eigenvalue weighted by Crippen LogP contribution is -1.89. The third kappa shape index (κ3) is 1.80. The Morgan fingerprint density at radius 2 is 2.06 bits per heavy atom. The molecule has 1 aromatic carbocycles. The van der Waals surface area contributed by atoms with E-state index < -0.39 is 0 Å². The topological polar surface area (TPSA) is 25.0 Å². The number of hydrogen-bond acceptors (Lipinski definition) is 1. The first-order chi connectivity index (χ1) is 7.80. The predicted octanol–water partition coefficient (Wildman–Crippen LogP) is 3.69. The van der Waals surface area contributed by atoms with E-state index in [4.69, 9.17) is 4.74 Å². The Morgan fingerprint density at radius 1 is 1.25 bits per heavy atom. The fraction of sp³-hybridized carbons (Fsp3) is 0.429. The van der Waals surface area contributed by atoms with Gasteiger partial charge in [0.15, 0.2) is 0 Å². The van der Waals surface area contributed by atoms with Crippen molar-refractivity contribution in [3.8, 4) is 5.75 Å². The Labute approximate surface area is 96.6 Å². The number of benzene rings is 1. The minimum Gasteiger partial charge on any atom is -0.497 e. The summed E-state index contributed by atoms with van der Waals surface area (Å²) in [5.74, 6) is 0.934. The van der Waals surface area contributed by atoms with Gasteiger partial charge in [-0.1, -0.05) is 20.3 Å². The number of ether oxygens (including phenoxy) is 1. The molecule has 0 spiro atoms. The Hall–Kier alpha value is -1.44. The predicted molar refractivity (Wildman–Crippen MR) is 68.2 cm³/mol. The SMILES string of the molecule is CCCc1[nH]c2ccc(OC)cc2c1CC. The molecule has 2 aromatic rings. The van der Waals surface area contributed by atoms with Crippen molar-refractivity contribution >= 4 is 10.9 Å². The van der Waals surface area contributed by atoms with Gasteiger partial charge in [0.05, 0.1) is 7.11 Å². The van der Waals surface area contributed by atoms with Crippen LogP contribution in [-0.2, 0) is 12.8 Å². The first kappa shape index (κ1) is 11.1. The van der Waals surface area contributed by atoms with E-state index in [0.717, 1.165) is 18.6 Å². The molecule has 0 radical (unpaired) electrons. The molecule has 0 saturated heterocycles. The number of aryl methyl sites for hydroxylation is 2. The average molecular weight is 217 g/mol. The summed E-state index contributed by atoms with van der Waals surface area (Å²) in [4.78, 5) is 3.51. The second-order valence-electron chi connectivity index (χ2n) is 4.10. The summed E-state index contributed by atoms with van der Waals surface area (Å²) in [6, 6.07) is 6.24. The van der Waals surface area contributed by atoms with Crippen molar-refractivity contribution in [3.63, 3.8) is 0 Å². The highest BCUT2D eigenvalue weighted by Gasteiger charge is 2.09. The van der Waals surface area contributed by atoms with Crippen LogP contribution in [0.3, 0.4) is 0 Å². The first-order valence-electron chi connectivity index (χ1n) is 5.97. The van der Waals surface area contributed by atoms with E-state index in [1.165, 1.54) is 28.6 Å². The Bertz CT molecular complexity index is 485. The molecule has 2 heteroatoms. The van der Waals surface area contributed by atoms with E-state index in [1.54, 1.807) is 7.11 Å². The van der Waals surface area contributed by atoms with Crippen molar-refractivity contribution in [1.29, 1.82) is 0 Å². The van der Waals surface area contributed by atoms with Gasteiger partial charge in [-0.05, 0) is 36.6 Å². The van der Waals surface area contributed by atoms with Crippen LogP contribution in [0.2, 0.25) is 0 Å². The normalized spacial score (nSPS) is 10.9. The molecule has 0 aliphatic rings. The van der Waals surface area contributed by atoms with Crippen LogP contribution in [0.4, 0.5) is 0 Å². The number of nitrogens with one attached hydrogen (secondary N) is 1. The summed E-state index contributed by atoms with van der Waals surface area (Å²) < 4.78 is 5.28. The van der Waals surface area contributed by atoms with Gasteiger partial charge >= 0.3 is 0 Å². The molecule has 2 nitrogen and oxygen atoms in total. The maximum Gasteiger partial charge on any atom is 0.119 e. The third-order valence-electron chi connectivity index (χ3n) is 3.06. The highest BCUT2D eigenvalue weighted by Crippen LogP contribution is 2.27. The highest BCUT2D eigenvalue weighted by molar-refractivity contribution is 5.86. The summed E-state index contributed by atoms with van der Waals surface area (Å²) in [5, 5.41) is 1.31. The van der Waals surface area contributed by atoms with Crippen LogP contribution in [0, 0.1) is 0 Å². The second-order valence-corrected chi connectivity index (χ2v) is 4.10. The van der Waals surface area contributed by atoms with Crippen LogP contribution < -0.4 is 4.74 Å². The van der Waals surface area contributed by atoms with Gasteiger partial charge in [0.1, 0.15) is 5.75 Å². The summed E-state index contributed by atoms with van der Waals surface area (Å²) in [7, 11) is 1.71. The van der Waals surface area contributed by atoms with E-state index in [0.29, 0.717) is 0 Å². The van der Waals surface area contributed by atoms with E-state index in [-0.39, 0.29) is 0 Å². The number of rotatable bonds is 4. The second kappa shape index (κ2) is 4.60. The van der Waals surface area contributed by atoms with Crippen molar-refractivity contribution in [2.45, 2.75) is 33.1 Å². The lowest BCUT2D eigenvalue weighted by Gasteiger charge is -2.01. The van der Waals surface area contributed by atoms with Crippen molar-refractivity contribution in [2.24, 2.45) is 0 Å². The molecular weight excluding hydrogens is 198 g/mol. The maximum atomic E-state index is 5.28. The summed E-state index contributed by atoms with van der Waals surface area (Å²) in [6.07, 6.45) is 3.37. The standard InChI is InChI=1S/C14H19NO/c1-4-6-13-11(5-2)12-9-10(16-3)7-8-14(12)15-13/h7-9,15H,4-6H2,1-3H3. The molecule has 0 fully saturated rings. The van der Waals surface area contributed by atoms with Gasteiger partial charge in [-0.15, -0.1) is 0 Å². The van der Waals surface area contributed by atoms with E-state index in [1.807, 2.05) is 6.07 Å². The van der Waals surface area contributed by atoms with Crippen LogP contribution in [0.15, 0.2) is 18.2 Å². The van der Waals surface area contributed by atoms with Gasteiger partial charge in [0.25, 0.3) is 0 Å². The number of aromatic nitrogens is 1. The zero-order chi connectivity index (χ0) is 11.5. The monoisotopic (exact) mass is 217 g/mol. The Balaban J connectivity index is 2.58. The van der Waals surface area contributed by atoms with Crippen LogP contribution in [-0.4, -0.2) is 12.1 Å². The Morgan fingerprint density at radius 3 is 2.69 bits per heavy atom. The quantitative estimate of drug-likeness (QED) is 0.830. The zero-order valence-electron chi connectivity index (χ0n) is 10.3. The molecule has 1 aromatic heterocycles. The number of H-pyrrole nitrogens is 1. The highest BCUT2D eigenvalue weighted by atomic mass is 16.5. The molecule has 0 saturated carbocycles. The molecule has 1 N–H and O–H groups in total. The van der Waals surface area contributed by atoms with Gasteiger partial charge in [-0.2, -0.15) is 0 Å². The summed E-state index contributed by atoms with van der Waals surface area (Å²) in [5.41, 5.74) is 4.05. The molecule has 0 unspecified atom stereocenters. The summed E-state index contributed by atoms with van der Waals surface area (Å²) in [6.45, 7) is 4.42. The van der Waals surface area contributed by atoms with Gasteiger partial charge in [0, 0.05) is 16.6 Å². The fourth-order valence-electron chi connectivity index (χ4n) is 2.28. The lowest BCUT2D eigenvalue weighted by atomic mass is 10.1. The van der Waals surface area contributed by atoms with Crippen molar-refractivity contribution in [3.05, 3.63) is 29.5 Å². The van der Waals surface area contributed by atoms with E-state index >= 15 is 0 Å². The largest absolute Gasteiger partial charge is 0.497 e. The minimum atomic E-state index is 0.934. The lowest BCUT2D eigenvalue weighted by molar-refractivity contribution is 0.415. The summed E-state index contributed by atoms with van der Waals surface area (Å²) >= 11 is 0. The average Bonchev–Trinajstić information content (AvgIpc) is 2.65. The van der Waals surface area contributed by atoms with Gasteiger partial charge in [-0.25, -0.2) is 0 Å². The van der Waals surface area contributed by atoms with Crippen LogP contribution in [0.5, 0.6) is 5.75 Å². The molecule has 1 heterocycles. The molecule has 2 rings (SSSR count). The molecule has 16 heavy (non-hydrogen) atoms. The van der Waals surface area contributed by atoms with Gasteiger partial charge < -0.3 is 9.72 Å². The first-order valence-corrected chi connectivity index (χ1v) is 5.97. The van der Waals surface area contributed by atoms with Gasteiger partial charge in [0.2, 0.25) is 0 Å². The molecule has 0 aliphatic carbocycles. The smallest absolute Gasteiger partial charge is 0.119 e. The van der Waals surface area contributed by atoms with E-state index in [9.17, 15) is 0 Å². The number of methoxy groups -OCH3 is 1. The van der Waals surface area contributed by atoms with Crippen LogP contribution in [0.1, 0.15) is 31.5 Å². The van der Waals surface area contributed by atoms with Gasteiger partial charge in [-0.3, -0.25) is 0 Å². The molecule has 86 valence electrons. The molecule has 0 atom stereocenters. The van der Waals surface area contributed by atoms with Crippen LogP contribution >= 0.6 is 0 Å². The number of aromatic amines is 1. The van der Waals surface area contributed by atoms with Crippen molar-refractivity contribution < 1.29 is 4.74 Å². The molecule has 0 aliphatic heterocycles. The van der Waals surface area contributed by atoms with E-state index in [2.05, 4.69) is 31.0 Å². The molecule has 0 bridgehead atoms. The maximum absolute atomic E-state index is 5.28. The van der Waals surface area contributed by atoms with Crippen molar-refractivity contribution in [2.75, 3.05) is 7.11 Å².